The Hall–Kier alpha value is -1.82. The van der Waals surface area contributed by atoms with E-state index in [4.69, 9.17) is 11.6 Å². The minimum atomic E-state index is -0.870. The van der Waals surface area contributed by atoms with Crippen LogP contribution in [-0.2, 0) is 0 Å². The van der Waals surface area contributed by atoms with Crippen molar-refractivity contribution in [1.29, 1.82) is 0 Å². The van der Waals surface area contributed by atoms with E-state index in [2.05, 4.69) is 9.40 Å². The van der Waals surface area contributed by atoms with Gasteiger partial charge in [0.25, 0.3) is 5.69 Å². The maximum Gasteiger partial charge on any atom is 0.297 e. The topological polar surface area (TPSA) is 92.2 Å². The summed E-state index contributed by atoms with van der Waals surface area (Å²) in [5, 5.41) is 21.4. The number of halogens is 1. The van der Waals surface area contributed by atoms with Crippen LogP contribution in [0.2, 0.25) is 5.02 Å². The number of fused-ring (bicyclic) bond motifs is 1. The number of nitrogens with zero attached hydrogens (tertiary/aromatic N) is 2. The lowest BCUT2D eigenvalue weighted by Gasteiger charge is -1.95. The Morgan fingerprint density at radius 3 is 2.86 bits per heavy atom. The van der Waals surface area contributed by atoms with Crippen LogP contribution in [-0.4, -0.2) is 9.91 Å². The number of hydrogen-bond acceptors (Lipinski definition) is 5. The van der Waals surface area contributed by atoms with Gasteiger partial charge >= 0.3 is 0 Å². The number of nitro benzene ring substituents is 1. The normalized spacial score (nSPS) is 10.6. The van der Waals surface area contributed by atoms with Crippen molar-refractivity contribution < 1.29 is 14.4 Å². The quantitative estimate of drug-likeness (QED) is 0.528. The van der Waals surface area contributed by atoms with Crippen molar-refractivity contribution in [2.45, 2.75) is 0 Å². The van der Waals surface area contributed by atoms with E-state index >= 15 is 0 Å². The second-order valence-corrected chi connectivity index (χ2v) is 2.94. The van der Waals surface area contributed by atoms with E-state index in [0.717, 1.165) is 6.07 Å². The molecule has 0 saturated heterocycles. The summed E-state index contributed by atoms with van der Waals surface area (Å²) in [6.45, 7) is 0. The van der Waals surface area contributed by atoms with E-state index in [-0.39, 0.29) is 21.8 Å². The van der Waals surface area contributed by atoms with E-state index in [1.165, 1.54) is 6.07 Å². The predicted molar refractivity (Wildman–Crippen MR) is 45.1 cm³/mol. The molecule has 2 aromatic rings. The summed E-state index contributed by atoms with van der Waals surface area (Å²) in [4.78, 5) is 13.2. The fourth-order valence-corrected chi connectivity index (χ4v) is 1.30. The monoisotopic (exact) mass is 213 g/mol. The van der Waals surface area contributed by atoms with Crippen molar-refractivity contribution in [2.75, 3.05) is 0 Å². The van der Waals surface area contributed by atoms with Crippen LogP contribution in [0.5, 0.6) is 6.08 Å². The van der Waals surface area contributed by atoms with Crippen LogP contribution in [0.1, 0.15) is 0 Å². The number of hydrogen-bond donors (Lipinski definition) is 0. The fourth-order valence-electron chi connectivity index (χ4n) is 1.10. The van der Waals surface area contributed by atoms with Gasteiger partial charge in [0, 0.05) is 16.7 Å². The molecule has 0 saturated carbocycles. The highest BCUT2D eigenvalue weighted by atomic mass is 35.5. The lowest BCUT2D eigenvalue weighted by atomic mass is 10.3. The number of non-ortho nitro benzene ring substituents is 1. The van der Waals surface area contributed by atoms with Gasteiger partial charge in [0.05, 0.1) is 4.92 Å². The third-order valence-electron chi connectivity index (χ3n) is 1.62. The van der Waals surface area contributed by atoms with Gasteiger partial charge in [-0.1, -0.05) is 11.6 Å². The summed E-state index contributed by atoms with van der Waals surface area (Å²) in [6.07, 6.45) is -0.870. The molecule has 0 aliphatic carbocycles. The molecule has 0 unspecified atom stereocenters. The number of aromatic nitrogens is 1. The molecule has 0 fully saturated rings. The molecule has 0 aliphatic heterocycles. The predicted octanol–water partition coefficient (Wildman–Crippen LogP) is 1.46. The molecule has 14 heavy (non-hydrogen) atoms. The summed E-state index contributed by atoms with van der Waals surface area (Å²) in [5.41, 5.74) is -0.392. The third kappa shape index (κ3) is 1.25. The highest BCUT2D eigenvalue weighted by Gasteiger charge is 2.14. The van der Waals surface area contributed by atoms with Gasteiger partial charge in [-0.15, -0.1) is 0 Å². The molecule has 0 radical (unpaired) electrons. The molecule has 7 heteroatoms. The summed E-state index contributed by atoms with van der Waals surface area (Å²) in [7, 11) is 0. The van der Waals surface area contributed by atoms with E-state index < -0.39 is 11.0 Å². The summed E-state index contributed by atoms with van der Waals surface area (Å²) in [6, 6.07) is 2.42. The molecule has 6 nitrogen and oxygen atoms in total. The molecule has 0 N–H and O–H groups in total. The van der Waals surface area contributed by atoms with Crippen molar-refractivity contribution in [3.05, 3.63) is 27.3 Å². The van der Waals surface area contributed by atoms with Crippen molar-refractivity contribution in [1.82, 2.24) is 4.98 Å². The number of oxazole rings is 1. The zero-order valence-electron chi connectivity index (χ0n) is 6.56. The van der Waals surface area contributed by atoms with Crippen LogP contribution in [0.15, 0.2) is 16.5 Å². The Labute approximate surface area is 81.9 Å². The first-order valence-electron chi connectivity index (χ1n) is 3.49. The smallest absolute Gasteiger partial charge is 0.297 e. The summed E-state index contributed by atoms with van der Waals surface area (Å²) >= 11 is 5.58. The van der Waals surface area contributed by atoms with Crippen molar-refractivity contribution in [3.63, 3.8) is 0 Å². The van der Waals surface area contributed by atoms with Gasteiger partial charge in [-0.2, -0.15) is 0 Å². The molecular formula is C7H2ClN2O4-. The van der Waals surface area contributed by atoms with Gasteiger partial charge in [-0.3, -0.25) is 10.1 Å². The minimum Gasteiger partial charge on any atom is -0.564 e. The molecule has 0 aliphatic rings. The zero-order valence-corrected chi connectivity index (χ0v) is 7.32. The van der Waals surface area contributed by atoms with Gasteiger partial charge < -0.3 is 9.52 Å². The minimum absolute atomic E-state index is 0.0224. The van der Waals surface area contributed by atoms with Gasteiger partial charge in [0.2, 0.25) is 0 Å². The first-order valence-corrected chi connectivity index (χ1v) is 3.87. The van der Waals surface area contributed by atoms with Gasteiger partial charge in [0.15, 0.2) is 11.6 Å². The first-order chi connectivity index (χ1) is 6.58. The maximum absolute atomic E-state index is 10.7. The lowest BCUT2D eigenvalue weighted by Crippen LogP contribution is -1.90. The molecule has 1 heterocycles. The summed E-state index contributed by atoms with van der Waals surface area (Å²) in [5.74, 6) is 0. The second-order valence-electron chi connectivity index (χ2n) is 2.51. The summed E-state index contributed by atoms with van der Waals surface area (Å²) < 4.78 is 4.58. The number of benzene rings is 1. The van der Waals surface area contributed by atoms with E-state index in [0.29, 0.717) is 0 Å². The molecule has 0 bridgehead atoms. The van der Waals surface area contributed by atoms with Gasteiger partial charge in [-0.25, -0.2) is 4.98 Å². The lowest BCUT2D eigenvalue weighted by molar-refractivity contribution is -0.383. The molecule has 1 aromatic carbocycles. The van der Waals surface area contributed by atoms with Crippen LogP contribution >= 0.6 is 11.6 Å². The molecule has 1 aromatic heterocycles. The highest BCUT2D eigenvalue weighted by Crippen LogP contribution is 2.30. The van der Waals surface area contributed by atoms with E-state index in [1.807, 2.05) is 0 Å². The standard InChI is InChI=1S/C7H3ClN2O4/c8-3-1-4(10(12)13)6-5(2-3)14-7(11)9-6/h1-2H,(H,9,11)/p-1. The molecular weight excluding hydrogens is 212 g/mol. The molecule has 2 rings (SSSR count). The van der Waals surface area contributed by atoms with Crippen molar-refractivity contribution in [2.24, 2.45) is 0 Å². The maximum atomic E-state index is 10.7. The van der Waals surface area contributed by atoms with Crippen molar-refractivity contribution in [3.8, 4) is 6.08 Å². The Morgan fingerprint density at radius 1 is 1.50 bits per heavy atom. The average molecular weight is 214 g/mol. The Kier molecular flexibility index (Phi) is 1.78. The number of nitro groups is 1. The SMILES string of the molecule is O=[N+]([O-])c1cc(Cl)cc2oc([O-])nc12. The average Bonchev–Trinajstić information content (AvgIpc) is 2.42. The van der Waals surface area contributed by atoms with Gasteiger partial charge in [-0.05, 0) is 6.07 Å². The molecule has 0 atom stereocenters. The molecule has 0 amide bonds. The van der Waals surface area contributed by atoms with E-state index in [1.54, 1.807) is 0 Å². The van der Waals surface area contributed by atoms with Gasteiger partial charge in [0.1, 0.15) is 0 Å². The van der Waals surface area contributed by atoms with E-state index in [9.17, 15) is 15.2 Å². The Balaban J connectivity index is 2.85. The molecule has 0 spiro atoms. The van der Waals surface area contributed by atoms with Crippen molar-refractivity contribution >= 4 is 28.4 Å². The van der Waals surface area contributed by atoms with Crippen LogP contribution in [0.25, 0.3) is 11.1 Å². The highest BCUT2D eigenvalue weighted by molar-refractivity contribution is 6.31. The number of rotatable bonds is 1. The Morgan fingerprint density at radius 2 is 2.21 bits per heavy atom. The van der Waals surface area contributed by atoms with Crippen LogP contribution in [0, 0.1) is 10.1 Å². The molecule has 72 valence electrons. The first kappa shape index (κ1) is 8.76. The fraction of sp³-hybridized carbons (Fsp3) is 0. The van der Waals surface area contributed by atoms with Crippen LogP contribution < -0.4 is 5.11 Å². The second kappa shape index (κ2) is 2.85. The third-order valence-corrected chi connectivity index (χ3v) is 1.83. The van der Waals surface area contributed by atoms with Crippen LogP contribution in [0.3, 0.4) is 0 Å². The Bertz CT molecular complexity index is 522. The zero-order chi connectivity index (χ0) is 10.3. The van der Waals surface area contributed by atoms with Crippen LogP contribution in [0.4, 0.5) is 5.69 Å². The largest absolute Gasteiger partial charge is 0.564 e.